The Morgan fingerprint density at radius 3 is 1.49 bits per heavy atom. The van der Waals surface area contributed by atoms with Crippen LogP contribution >= 0.6 is 15.8 Å². The van der Waals surface area contributed by atoms with Gasteiger partial charge in [0.2, 0.25) is 0 Å². The molecule has 0 aromatic heterocycles. The van der Waals surface area contributed by atoms with Gasteiger partial charge in [0.25, 0.3) is 0 Å². The number of hydrogen-bond acceptors (Lipinski definition) is 2. The van der Waals surface area contributed by atoms with Crippen molar-refractivity contribution in [3.8, 4) is 11.5 Å². The van der Waals surface area contributed by atoms with E-state index < -0.39 is 15.8 Å². The molecular formula is C45H46O2P2. The lowest BCUT2D eigenvalue weighted by atomic mass is 9.95. The summed E-state index contributed by atoms with van der Waals surface area (Å²) in [5, 5.41) is 19.1. The van der Waals surface area contributed by atoms with Crippen LogP contribution in [0.2, 0.25) is 0 Å². The predicted molar refractivity (Wildman–Crippen MR) is 214 cm³/mol. The Hall–Kier alpha value is -4.22. The molecule has 6 aromatic rings. The zero-order valence-electron chi connectivity index (χ0n) is 28.6. The minimum atomic E-state index is -0.916. The molecule has 4 heteroatoms. The lowest BCUT2D eigenvalue weighted by Gasteiger charge is -2.25. The minimum Gasteiger partial charge on any atom is -0.507 e. The van der Waals surface area contributed by atoms with Crippen LogP contribution in [-0.2, 0) is 12.8 Å². The molecule has 0 bridgehead atoms. The number of aromatic hydroxyl groups is 1. The molecule has 0 aliphatic rings. The molecule has 0 fully saturated rings. The van der Waals surface area contributed by atoms with Crippen molar-refractivity contribution in [2.45, 2.75) is 46.0 Å². The first-order valence-corrected chi connectivity index (χ1v) is 20.2. The van der Waals surface area contributed by atoms with Crippen LogP contribution in [0.3, 0.4) is 0 Å². The summed E-state index contributed by atoms with van der Waals surface area (Å²) in [5.41, 5.74) is 2.19. The molecule has 2 nitrogen and oxygen atoms in total. The zero-order chi connectivity index (χ0) is 33.8. The van der Waals surface area contributed by atoms with Gasteiger partial charge in [-0.25, -0.2) is 0 Å². The zero-order valence-corrected chi connectivity index (χ0v) is 30.4. The van der Waals surface area contributed by atoms with Gasteiger partial charge in [0.15, 0.2) is 0 Å². The molecule has 0 radical (unpaired) electrons. The van der Waals surface area contributed by atoms with Crippen molar-refractivity contribution < 1.29 is 9.84 Å². The summed E-state index contributed by atoms with van der Waals surface area (Å²) >= 11 is 0. The normalized spacial score (nSPS) is 11.9. The first-order chi connectivity index (χ1) is 24.1. The monoisotopic (exact) mass is 680 g/mol. The number of unbranched alkanes of at least 4 members (excludes halogenated alkanes) is 1. The molecule has 6 aromatic carbocycles. The first-order valence-electron chi connectivity index (χ1n) is 17.5. The number of rotatable bonds is 15. The highest BCUT2D eigenvalue weighted by molar-refractivity contribution is 7.80. The van der Waals surface area contributed by atoms with Gasteiger partial charge in [-0.2, -0.15) is 0 Å². The van der Waals surface area contributed by atoms with Crippen molar-refractivity contribution >= 4 is 47.7 Å². The molecule has 6 rings (SSSR count). The fourth-order valence-electron chi connectivity index (χ4n) is 6.49. The standard InChI is InChI=1S/C45H46O2P2/c1-3-4-19-35(2)34-37-21-18-31-43(49(40-26-13-7-14-27-40)41-28-15-8-16-29-41)45(37)47-33-32-36-20-17-30-42(44(36)46)48(38-22-9-5-10-23-38)39-24-11-6-12-25-39/h5-18,20-31,35,46H,3-4,19,32-34H2,1-2H3/t35-/m1/s1. The van der Waals surface area contributed by atoms with Crippen molar-refractivity contribution in [2.75, 3.05) is 6.61 Å². The smallest absolute Gasteiger partial charge is 0.130 e. The fourth-order valence-corrected chi connectivity index (χ4v) is 11.3. The molecule has 0 heterocycles. The van der Waals surface area contributed by atoms with E-state index in [0.29, 0.717) is 24.7 Å². The van der Waals surface area contributed by atoms with E-state index in [9.17, 15) is 5.11 Å². The second-order valence-electron chi connectivity index (χ2n) is 12.6. The van der Waals surface area contributed by atoms with E-state index in [1.54, 1.807) is 0 Å². The van der Waals surface area contributed by atoms with Gasteiger partial charge in [-0.1, -0.05) is 191 Å². The van der Waals surface area contributed by atoms with E-state index in [0.717, 1.165) is 23.0 Å². The SMILES string of the molecule is CCCC[C@@H](C)Cc1cccc(P(c2ccccc2)c2ccccc2)c1OCCc1cccc(P(c2ccccc2)c2ccccc2)c1O. The van der Waals surface area contributed by atoms with Gasteiger partial charge in [-0.15, -0.1) is 0 Å². The fraction of sp³-hybridized carbons (Fsp3) is 0.200. The summed E-state index contributed by atoms with van der Waals surface area (Å²) in [6.45, 7) is 5.11. The maximum absolute atomic E-state index is 11.8. The number of para-hydroxylation sites is 2. The van der Waals surface area contributed by atoms with Gasteiger partial charge in [-0.3, -0.25) is 0 Å². The third kappa shape index (κ3) is 8.69. The summed E-state index contributed by atoms with van der Waals surface area (Å²) < 4.78 is 6.94. The number of benzene rings is 6. The van der Waals surface area contributed by atoms with E-state index in [4.69, 9.17) is 4.74 Å². The summed E-state index contributed by atoms with van der Waals surface area (Å²) in [6, 6.07) is 55.8. The molecule has 1 N–H and O–H groups in total. The highest BCUT2D eigenvalue weighted by atomic mass is 31.1. The Bertz CT molecular complexity index is 1800. The maximum Gasteiger partial charge on any atom is 0.130 e. The molecule has 0 aliphatic heterocycles. The van der Waals surface area contributed by atoms with E-state index in [1.165, 1.54) is 51.3 Å². The topological polar surface area (TPSA) is 29.5 Å². The Labute approximate surface area is 295 Å². The molecule has 0 saturated heterocycles. The van der Waals surface area contributed by atoms with E-state index in [1.807, 2.05) is 18.2 Å². The van der Waals surface area contributed by atoms with Gasteiger partial charge >= 0.3 is 0 Å². The molecule has 49 heavy (non-hydrogen) atoms. The molecule has 0 saturated carbocycles. The molecular weight excluding hydrogens is 634 g/mol. The van der Waals surface area contributed by atoms with Crippen LogP contribution in [0.1, 0.15) is 44.2 Å². The number of phenols is 1. The van der Waals surface area contributed by atoms with E-state index >= 15 is 0 Å². The molecule has 0 unspecified atom stereocenters. The molecule has 0 amide bonds. The quantitative estimate of drug-likeness (QED) is 0.110. The van der Waals surface area contributed by atoms with Crippen molar-refractivity contribution in [3.63, 3.8) is 0 Å². The van der Waals surface area contributed by atoms with Crippen LogP contribution in [0, 0.1) is 5.92 Å². The molecule has 248 valence electrons. The minimum absolute atomic E-state index is 0.377. The van der Waals surface area contributed by atoms with E-state index in [-0.39, 0.29) is 0 Å². The lowest BCUT2D eigenvalue weighted by molar-refractivity contribution is 0.317. The highest BCUT2D eigenvalue weighted by Crippen LogP contribution is 2.40. The summed E-state index contributed by atoms with van der Waals surface area (Å²) in [5.74, 6) is 1.95. The Morgan fingerprint density at radius 1 is 0.551 bits per heavy atom. The van der Waals surface area contributed by atoms with Crippen molar-refractivity contribution in [1.82, 2.24) is 0 Å². The van der Waals surface area contributed by atoms with Gasteiger partial charge in [0.1, 0.15) is 11.5 Å². The van der Waals surface area contributed by atoms with E-state index in [2.05, 4.69) is 153 Å². The van der Waals surface area contributed by atoms with Crippen molar-refractivity contribution in [2.24, 2.45) is 5.92 Å². The average molecular weight is 681 g/mol. The largest absolute Gasteiger partial charge is 0.507 e. The third-order valence-electron chi connectivity index (χ3n) is 8.95. The van der Waals surface area contributed by atoms with Crippen molar-refractivity contribution in [1.29, 1.82) is 0 Å². The van der Waals surface area contributed by atoms with Gasteiger partial charge in [0, 0.05) is 17.0 Å². The van der Waals surface area contributed by atoms with Crippen LogP contribution < -0.4 is 36.6 Å². The summed E-state index contributed by atoms with van der Waals surface area (Å²) in [4.78, 5) is 0. The van der Waals surface area contributed by atoms with Crippen LogP contribution in [0.15, 0.2) is 158 Å². The first kappa shape index (κ1) is 34.6. The Kier molecular flexibility index (Phi) is 12.3. The van der Waals surface area contributed by atoms with Crippen LogP contribution in [0.5, 0.6) is 11.5 Å². The summed E-state index contributed by atoms with van der Waals surface area (Å²) in [7, 11) is -1.75. The second kappa shape index (κ2) is 17.4. The predicted octanol–water partition coefficient (Wildman–Crippen LogP) is 8.90. The highest BCUT2D eigenvalue weighted by Gasteiger charge is 2.24. The Balaban J connectivity index is 1.34. The second-order valence-corrected chi connectivity index (χ2v) is 17.0. The van der Waals surface area contributed by atoms with Crippen LogP contribution in [0.25, 0.3) is 0 Å². The van der Waals surface area contributed by atoms with Crippen LogP contribution in [-0.4, -0.2) is 11.7 Å². The van der Waals surface area contributed by atoms with Gasteiger partial charge < -0.3 is 9.84 Å². The van der Waals surface area contributed by atoms with Gasteiger partial charge in [-0.05, 0) is 60.5 Å². The molecule has 0 spiro atoms. The molecule has 1 atom stereocenters. The Morgan fingerprint density at radius 2 is 1.00 bits per heavy atom. The number of phenolic OH excluding ortho intramolecular Hbond substituents is 1. The summed E-state index contributed by atoms with van der Waals surface area (Å²) in [6.07, 6.45) is 5.25. The van der Waals surface area contributed by atoms with Gasteiger partial charge in [0.05, 0.1) is 6.61 Å². The average Bonchev–Trinajstić information content (AvgIpc) is 3.15. The molecule has 0 aliphatic carbocycles. The van der Waals surface area contributed by atoms with Crippen LogP contribution in [0.4, 0.5) is 0 Å². The number of ether oxygens (including phenoxy) is 1. The number of hydrogen-bond donors (Lipinski definition) is 1. The lowest BCUT2D eigenvalue weighted by Crippen LogP contribution is -2.24. The third-order valence-corrected chi connectivity index (χ3v) is 13.9. The maximum atomic E-state index is 11.8. The van der Waals surface area contributed by atoms with Crippen molar-refractivity contribution in [3.05, 3.63) is 169 Å².